The van der Waals surface area contributed by atoms with Crippen LogP contribution in [0.5, 0.6) is 5.75 Å². The summed E-state index contributed by atoms with van der Waals surface area (Å²) < 4.78 is 36.0. The Morgan fingerprint density at radius 1 is 1.12 bits per heavy atom. The zero-order chi connectivity index (χ0) is 18.3. The molecule has 0 amide bonds. The Morgan fingerprint density at radius 2 is 1.88 bits per heavy atom. The highest BCUT2D eigenvalue weighted by atomic mass is 32.2. The molecule has 26 heavy (non-hydrogen) atoms. The maximum atomic E-state index is 12.6. The summed E-state index contributed by atoms with van der Waals surface area (Å²) in [6.45, 7) is 1.92. The van der Waals surface area contributed by atoms with E-state index in [1.165, 1.54) is 0 Å². The molecule has 0 fully saturated rings. The summed E-state index contributed by atoms with van der Waals surface area (Å²) in [5.74, 6) is 0.787. The number of fused-ring (bicyclic) bond motifs is 3. The molecule has 1 atom stereocenters. The van der Waals surface area contributed by atoms with Gasteiger partial charge in [0.25, 0.3) is 10.1 Å². The molecule has 1 unspecified atom stereocenters. The second-order valence-corrected chi connectivity index (χ2v) is 8.29. The van der Waals surface area contributed by atoms with Crippen molar-refractivity contribution in [2.45, 2.75) is 37.2 Å². The molecule has 0 saturated heterocycles. The molecular formula is C20H21NO4S. The summed E-state index contributed by atoms with van der Waals surface area (Å²) in [5, 5.41) is 1.07. The van der Waals surface area contributed by atoms with E-state index in [0.29, 0.717) is 12.8 Å². The van der Waals surface area contributed by atoms with Crippen molar-refractivity contribution in [2.24, 2.45) is 0 Å². The van der Waals surface area contributed by atoms with Crippen molar-refractivity contribution in [1.82, 2.24) is 4.98 Å². The molecule has 4 rings (SSSR count). The van der Waals surface area contributed by atoms with Crippen molar-refractivity contribution in [3.8, 4) is 5.75 Å². The molecule has 0 aliphatic heterocycles. The van der Waals surface area contributed by atoms with Gasteiger partial charge in [-0.05, 0) is 55.7 Å². The highest BCUT2D eigenvalue weighted by molar-refractivity contribution is 7.86. The summed E-state index contributed by atoms with van der Waals surface area (Å²) in [7, 11) is -2.12. The Hall–Kier alpha value is -2.31. The van der Waals surface area contributed by atoms with Gasteiger partial charge in [0.2, 0.25) is 0 Å². The van der Waals surface area contributed by atoms with Gasteiger partial charge >= 0.3 is 0 Å². The van der Waals surface area contributed by atoms with Crippen LogP contribution in [-0.4, -0.2) is 26.6 Å². The largest absolute Gasteiger partial charge is 0.497 e. The van der Waals surface area contributed by atoms with E-state index < -0.39 is 10.1 Å². The first kappa shape index (κ1) is 17.1. The highest BCUT2D eigenvalue weighted by Crippen LogP contribution is 2.33. The van der Waals surface area contributed by atoms with E-state index in [1.54, 1.807) is 31.4 Å². The number of aromatic nitrogens is 1. The quantitative estimate of drug-likeness (QED) is 0.709. The van der Waals surface area contributed by atoms with Crippen molar-refractivity contribution in [2.75, 3.05) is 7.11 Å². The maximum absolute atomic E-state index is 12.6. The van der Waals surface area contributed by atoms with Gasteiger partial charge in [0.05, 0.1) is 18.1 Å². The molecule has 0 spiro atoms. The lowest BCUT2D eigenvalue weighted by atomic mass is 9.93. The Labute approximate surface area is 153 Å². The minimum Gasteiger partial charge on any atom is -0.497 e. The average Bonchev–Trinajstić information content (AvgIpc) is 2.99. The molecular weight excluding hydrogens is 350 g/mol. The van der Waals surface area contributed by atoms with Crippen LogP contribution in [0.2, 0.25) is 0 Å². The van der Waals surface area contributed by atoms with Crippen LogP contribution in [0, 0.1) is 6.92 Å². The number of nitrogens with one attached hydrogen (secondary N) is 1. The van der Waals surface area contributed by atoms with Crippen LogP contribution in [0.1, 0.15) is 23.2 Å². The first-order chi connectivity index (χ1) is 12.5. The minimum absolute atomic E-state index is 0.203. The third kappa shape index (κ3) is 3.10. The fraction of sp³-hybridized carbons (Fsp3) is 0.300. The molecule has 1 N–H and O–H groups in total. The highest BCUT2D eigenvalue weighted by Gasteiger charge is 2.28. The number of hydrogen-bond acceptors (Lipinski definition) is 4. The van der Waals surface area contributed by atoms with Crippen LogP contribution in [-0.2, 0) is 27.1 Å². The maximum Gasteiger partial charge on any atom is 0.297 e. The number of H-pyrrole nitrogens is 1. The lowest BCUT2D eigenvalue weighted by Gasteiger charge is -2.22. The normalized spacial score (nSPS) is 17.2. The summed E-state index contributed by atoms with van der Waals surface area (Å²) in [6, 6.07) is 12.6. The third-order valence-corrected chi connectivity index (χ3v) is 6.30. The van der Waals surface area contributed by atoms with Crippen molar-refractivity contribution < 1.29 is 17.3 Å². The van der Waals surface area contributed by atoms with Crippen LogP contribution < -0.4 is 4.74 Å². The zero-order valence-corrected chi connectivity index (χ0v) is 15.6. The molecule has 136 valence electrons. The van der Waals surface area contributed by atoms with E-state index in [9.17, 15) is 8.42 Å². The molecule has 0 radical (unpaired) electrons. The summed E-state index contributed by atoms with van der Waals surface area (Å²) in [4.78, 5) is 3.63. The van der Waals surface area contributed by atoms with Gasteiger partial charge in [-0.2, -0.15) is 8.42 Å². The molecule has 0 saturated carbocycles. The van der Waals surface area contributed by atoms with Crippen molar-refractivity contribution in [1.29, 1.82) is 0 Å². The van der Waals surface area contributed by atoms with E-state index >= 15 is 0 Å². The number of methoxy groups -OCH3 is 1. The summed E-state index contributed by atoms with van der Waals surface area (Å²) >= 11 is 0. The van der Waals surface area contributed by atoms with E-state index in [-0.39, 0.29) is 11.0 Å². The molecule has 3 aromatic rings. The minimum atomic E-state index is -3.76. The summed E-state index contributed by atoms with van der Waals surface area (Å²) in [5.41, 5.74) is 4.33. The molecule has 2 aromatic carbocycles. The van der Waals surface area contributed by atoms with Gasteiger partial charge in [0.1, 0.15) is 5.75 Å². The van der Waals surface area contributed by atoms with Crippen molar-refractivity contribution in [3.05, 3.63) is 59.3 Å². The first-order valence-electron chi connectivity index (χ1n) is 8.64. The lowest BCUT2D eigenvalue weighted by molar-refractivity contribution is 0.192. The van der Waals surface area contributed by atoms with Crippen LogP contribution in [0.25, 0.3) is 10.9 Å². The van der Waals surface area contributed by atoms with Gasteiger partial charge in [-0.25, -0.2) is 0 Å². The zero-order valence-electron chi connectivity index (χ0n) is 14.8. The van der Waals surface area contributed by atoms with Gasteiger partial charge in [-0.3, -0.25) is 4.18 Å². The molecule has 1 heterocycles. The number of rotatable bonds is 4. The Balaban J connectivity index is 1.61. The van der Waals surface area contributed by atoms with Crippen LogP contribution >= 0.6 is 0 Å². The predicted octanol–water partition coefficient (Wildman–Crippen LogP) is 3.75. The van der Waals surface area contributed by atoms with E-state index in [2.05, 4.69) is 4.98 Å². The van der Waals surface area contributed by atoms with Gasteiger partial charge in [0.15, 0.2) is 0 Å². The molecule has 1 aliphatic rings. The van der Waals surface area contributed by atoms with Crippen LogP contribution in [0.4, 0.5) is 0 Å². The monoisotopic (exact) mass is 371 g/mol. The fourth-order valence-corrected chi connectivity index (χ4v) is 4.62. The van der Waals surface area contributed by atoms with Gasteiger partial charge < -0.3 is 9.72 Å². The van der Waals surface area contributed by atoms with Crippen LogP contribution in [0.3, 0.4) is 0 Å². The average molecular weight is 371 g/mol. The van der Waals surface area contributed by atoms with Crippen molar-refractivity contribution >= 4 is 21.0 Å². The number of hydrogen-bond donors (Lipinski definition) is 1. The number of benzene rings is 2. The molecule has 6 heteroatoms. The van der Waals surface area contributed by atoms with Crippen molar-refractivity contribution in [3.63, 3.8) is 0 Å². The number of ether oxygens (including phenoxy) is 1. The second kappa shape index (κ2) is 6.45. The Kier molecular flexibility index (Phi) is 4.25. The topological polar surface area (TPSA) is 68.4 Å². The number of aryl methyl sites for hydroxylation is 2. The molecule has 5 nitrogen and oxygen atoms in total. The SMILES string of the molecule is COc1ccc2[nH]c3c(c2c1)CC(OS(=O)(=O)c1ccc(C)cc1)CC3. The summed E-state index contributed by atoms with van der Waals surface area (Å²) in [6.07, 6.45) is 1.63. The Morgan fingerprint density at radius 3 is 2.62 bits per heavy atom. The lowest BCUT2D eigenvalue weighted by Crippen LogP contribution is -2.25. The second-order valence-electron chi connectivity index (χ2n) is 6.72. The van der Waals surface area contributed by atoms with Gasteiger partial charge in [-0.1, -0.05) is 17.7 Å². The van der Waals surface area contributed by atoms with Crippen LogP contribution in [0.15, 0.2) is 47.4 Å². The number of aromatic amines is 1. The van der Waals surface area contributed by atoms with Gasteiger partial charge in [-0.15, -0.1) is 0 Å². The molecule has 1 aromatic heterocycles. The van der Waals surface area contributed by atoms with E-state index in [4.69, 9.17) is 8.92 Å². The molecule has 0 bridgehead atoms. The first-order valence-corrected chi connectivity index (χ1v) is 10.0. The van der Waals surface area contributed by atoms with Gasteiger partial charge in [0, 0.05) is 23.0 Å². The third-order valence-electron chi connectivity index (χ3n) is 4.92. The smallest absolute Gasteiger partial charge is 0.297 e. The predicted molar refractivity (Wildman–Crippen MR) is 100 cm³/mol. The standard InChI is InChI=1S/C20H21NO4S/c1-13-3-7-16(8-4-13)26(22,23)25-15-6-10-20-18(12-15)17-11-14(24-2)5-9-19(17)21-20/h3-5,7-9,11,15,21H,6,10,12H2,1-2H3. The van der Waals surface area contributed by atoms with E-state index in [0.717, 1.165) is 39.9 Å². The Bertz CT molecular complexity index is 1050. The van der Waals surface area contributed by atoms with E-state index in [1.807, 2.05) is 25.1 Å². The fourth-order valence-electron chi connectivity index (χ4n) is 3.51. The molecule has 1 aliphatic carbocycles.